The van der Waals surface area contributed by atoms with Gasteiger partial charge in [-0.25, -0.2) is 8.42 Å². The monoisotopic (exact) mass is 639 g/mol. The molecule has 0 bridgehead atoms. The minimum atomic E-state index is -4.12. The van der Waals surface area contributed by atoms with Gasteiger partial charge in [-0.1, -0.05) is 53.0 Å². The topological polar surface area (TPSA) is 142 Å². The van der Waals surface area contributed by atoms with Crippen LogP contribution >= 0.6 is 34.8 Å². The predicted molar refractivity (Wildman–Crippen MR) is 158 cm³/mol. The Bertz CT molecular complexity index is 1630. The Hall–Kier alpha value is -3.51. The highest BCUT2D eigenvalue weighted by Gasteiger charge is 2.41. The number of sulfonamides is 1. The van der Waals surface area contributed by atoms with Crippen molar-refractivity contribution < 1.29 is 32.6 Å². The average Bonchev–Trinajstić information content (AvgIpc) is 3.33. The molecule has 3 N–H and O–H groups in total. The number of phenols is 1. The minimum absolute atomic E-state index is 0.0125. The lowest BCUT2D eigenvalue weighted by Crippen LogP contribution is -2.46. The van der Waals surface area contributed by atoms with Crippen LogP contribution in [0.15, 0.2) is 54.6 Å². The van der Waals surface area contributed by atoms with Crippen LogP contribution in [0, 0.1) is 0 Å². The zero-order chi connectivity index (χ0) is 29.9. The summed E-state index contributed by atoms with van der Waals surface area (Å²) in [5.41, 5.74) is 1.08. The van der Waals surface area contributed by atoms with Gasteiger partial charge in [-0.3, -0.25) is 18.7 Å². The van der Waals surface area contributed by atoms with E-state index in [1.807, 2.05) is 0 Å². The van der Waals surface area contributed by atoms with Gasteiger partial charge >= 0.3 is 5.97 Å². The molecule has 0 radical (unpaired) electrons. The Balaban J connectivity index is 1.54. The number of nitrogens with one attached hydrogen (secondary N) is 2. The maximum Gasteiger partial charge on any atom is 0.306 e. The molecule has 1 aliphatic heterocycles. The van der Waals surface area contributed by atoms with Crippen molar-refractivity contribution in [3.8, 4) is 5.75 Å². The second-order valence-corrected chi connectivity index (χ2v) is 12.1. The molecule has 2 amide bonds. The first-order valence-electron chi connectivity index (χ1n) is 12.3. The quantitative estimate of drug-likeness (QED) is 0.214. The van der Waals surface area contributed by atoms with E-state index in [1.54, 1.807) is 31.2 Å². The van der Waals surface area contributed by atoms with Crippen LogP contribution in [0.5, 0.6) is 5.75 Å². The van der Waals surface area contributed by atoms with Crippen LogP contribution < -0.4 is 14.9 Å². The lowest BCUT2D eigenvalue weighted by Gasteiger charge is -2.26. The number of aromatic hydroxyl groups is 1. The first kappa shape index (κ1) is 30.4. The molecule has 4 rings (SSSR count). The molecule has 0 aromatic heterocycles. The molecule has 0 spiro atoms. The molecule has 3 aromatic rings. The third-order valence-electron chi connectivity index (χ3n) is 6.17. The number of rotatable bonds is 9. The van der Waals surface area contributed by atoms with Crippen molar-refractivity contribution in [2.24, 2.45) is 0 Å². The molecule has 10 nitrogen and oxygen atoms in total. The summed E-state index contributed by atoms with van der Waals surface area (Å²) in [7, 11) is -4.12. The van der Waals surface area contributed by atoms with Gasteiger partial charge in [-0.15, -0.1) is 0 Å². The summed E-state index contributed by atoms with van der Waals surface area (Å²) >= 11 is 18.2. The Morgan fingerprint density at radius 1 is 0.976 bits per heavy atom. The number of carbonyl (C=O) groups is 3. The molecule has 41 heavy (non-hydrogen) atoms. The molecule has 216 valence electrons. The summed E-state index contributed by atoms with van der Waals surface area (Å²) in [5, 5.41) is 16.0. The predicted octanol–water partition coefficient (Wildman–Crippen LogP) is 5.26. The van der Waals surface area contributed by atoms with Gasteiger partial charge in [0.2, 0.25) is 15.9 Å². The van der Waals surface area contributed by atoms with Gasteiger partial charge in [0, 0.05) is 18.1 Å². The SMILES string of the molecule is CCOC(=O)CCS(=O)(=O)N1c2ccccc2CC1C(=O)Nc1cc(O)c(NC(=O)c2ccc(Cl)c(Cl)c2)cc1Cl. The Labute approximate surface area is 251 Å². The molecule has 3 aromatic carbocycles. The van der Waals surface area contributed by atoms with Crippen molar-refractivity contribution in [3.05, 3.63) is 80.8 Å². The molecule has 0 saturated heterocycles. The Morgan fingerprint density at radius 3 is 2.41 bits per heavy atom. The third kappa shape index (κ3) is 6.87. The maximum atomic E-state index is 13.4. The summed E-state index contributed by atoms with van der Waals surface area (Å²) in [6, 6.07) is 12.1. The van der Waals surface area contributed by atoms with E-state index in [9.17, 15) is 27.9 Å². The largest absolute Gasteiger partial charge is 0.506 e. The van der Waals surface area contributed by atoms with Crippen LogP contribution in [0.25, 0.3) is 0 Å². The number of benzene rings is 3. The highest BCUT2D eigenvalue weighted by molar-refractivity contribution is 7.92. The van der Waals surface area contributed by atoms with Gasteiger partial charge in [0.05, 0.1) is 50.9 Å². The fourth-order valence-corrected chi connectivity index (χ4v) is 6.42. The van der Waals surface area contributed by atoms with Crippen molar-refractivity contribution in [1.29, 1.82) is 0 Å². The van der Waals surface area contributed by atoms with Gasteiger partial charge < -0.3 is 20.5 Å². The van der Waals surface area contributed by atoms with Crippen LogP contribution in [0.4, 0.5) is 17.1 Å². The number of amides is 2. The zero-order valence-electron chi connectivity index (χ0n) is 21.5. The zero-order valence-corrected chi connectivity index (χ0v) is 24.6. The molecule has 1 unspecified atom stereocenters. The van der Waals surface area contributed by atoms with E-state index in [1.165, 1.54) is 24.3 Å². The fourth-order valence-electron chi connectivity index (χ4n) is 4.25. The number of ether oxygens (including phenoxy) is 1. The minimum Gasteiger partial charge on any atom is -0.506 e. The maximum absolute atomic E-state index is 13.4. The van der Waals surface area contributed by atoms with Crippen LogP contribution in [0.3, 0.4) is 0 Å². The second-order valence-electron chi connectivity index (χ2n) is 8.94. The number of phenolic OH excluding ortho intramolecular Hbond substituents is 1. The highest BCUT2D eigenvalue weighted by atomic mass is 35.5. The molecule has 0 fully saturated rings. The Kier molecular flexibility index (Phi) is 9.33. The molecule has 1 atom stereocenters. The standard InChI is InChI=1S/C27H24Cl3N3O7S/c1-2-40-25(35)9-10-41(38,39)33-22-6-4-3-5-15(22)12-23(33)27(37)31-20-14-24(34)21(13-19(20)30)32-26(36)16-7-8-17(28)18(29)11-16/h3-8,11,13-14,23,34H,2,9-10,12H2,1H3,(H,31,37)(H,32,36). The van der Waals surface area contributed by atoms with E-state index >= 15 is 0 Å². The fraction of sp³-hybridized carbons (Fsp3) is 0.222. The van der Waals surface area contributed by atoms with E-state index in [0.29, 0.717) is 11.3 Å². The van der Waals surface area contributed by atoms with Crippen LogP contribution in [0.1, 0.15) is 29.3 Å². The summed E-state index contributed by atoms with van der Waals surface area (Å²) in [6.07, 6.45) is -0.305. The number of anilines is 3. The van der Waals surface area contributed by atoms with Crippen LogP contribution in [-0.2, 0) is 30.8 Å². The van der Waals surface area contributed by atoms with Crippen molar-refractivity contribution in [3.63, 3.8) is 0 Å². The van der Waals surface area contributed by atoms with E-state index in [4.69, 9.17) is 39.5 Å². The number of esters is 1. The summed E-state index contributed by atoms with van der Waals surface area (Å²) < 4.78 is 32.5. The summed E-state index contributed by atoms with van der Waals surface area (Å²) in [6.45, 7) is 1.73. The molecule has 14 heteroatoms. The normalized spacial score (nSPS) is 14.3. The van der Waals surface area contributed by atoms with Gasteiger partial charge in [0.25, 0.3) is 5.91 Å². The van der Waals surface area contributed by atoms with E-state index in [-0.39, 0.29) is 51.5 Å². The number of halogens is 3. The highest BCUT2D eigenvalue weighted by Crippen LogP contribution is 2.38. The molecule has 0 aliphatic carbocycles. The number of nitrogens with zero attached hydrogens (tertiary/aromatic N) is 1. The lowest BCUT2D eigenvalue weighted by atomic mass is 10.1. The third-order valence-corrected chi connectivity index (χ3v) is 8.99. The van der Waals surface area contributed by atoms with Crippen molar-refractivity contribution >= 4 is 79.7 Å². The van der Waals surface area contributed by atoms with Crippen molar-refractivity contribution in [2.75, 3.05) is 27.3 Å². The van der Waals surface area contributed by atoms with Crippen LogP contribution in [-0.4, -0.2) is 49.7 Å². The number of hydrogen-bond donors (Lipinski definition) is 3. The molecule has 1 heterocycles. The molecule has 1 aliphatic rings. The van der Waals surface area contributed by atoms with Gasteiger partial charge in [0.1, 0.15) is 11.8 Å². The van der Waals surface area contributed by atoms with Crippen LogP contribution in [0.2, 0.25) is 15.1 Å². The summed E-state index contributed by atoms with van der Waals surface area (Å²) in [5.74, 6) is -2.95. The Morgan fingerprint density at radius 2 is 1.71 bits per heavy atom. The molecule has 0 saturated carbocycles. The van der Waals surface area contributed by atoms with E-state index in [0.717, 1.165) is 10.4 Å². The first-order valence-corrected chi connectivity index (χ1v) is 15.0. The van der Waals surface area contributed by atoms with E-state index < -0.39 is 45.4 Å². The van der Waals surface area contributed by atoms with Gasteiger partial charge in [-0.2, -0.15) is 0 Å². The number of fused-ring (bicyclic) bond motifs is 1. The van der Waals surface area contributed by atoms with E-state index in [2.05, 4.69) is 10.6 Å². The number of carbonyl (C=O) groups excluding carboxylic acids is 3. The lowest BCUT2D eigenvalue weighted by molar-refractivity contribution is -0.142. The average molecular weight is 641 g/mol. The first-order chi connectivity index (χ1) is 19.4. The van der Waals surface area contributed by atoms with Crippen molar-refractivity contribution in [1.82, 2.24) is 0 Å². The van der Waals surface area contributed by atoms with Crippen molar-refractivity contribution in [2.45, 2.75) is 25.8 Å². The summed E-state index contributed by atoms with van der Waals surface area (Å²) in [4.78, 5) is 37.8. The number of para-hydroxylation sites is 1. The molecular formula is C27H24Cl3N3O7S. The second kappa shape index (κ2) is 12.6. The smallest absolute Gasteiger partial charge is 0.306 e. The molecular weight excluding hydrogens is 617 g/mol. The van der Waals surface area contributed by atoms with Gasteiger partial charge in [0.15, 0.2) is 0 Å². The van der Waals surface area contributed by atoms with Gasteiger partial charge in [-0.05, 0) is 42.8 Å². The number of hydrogen-bond acceptors (Lipinski definition) is 7.